The van der Waals surface area contributed by atoms with E-state index in [4.69, 9.17) is 0 Å². The summed E-state index contributed by atoms with van der Waals surface area (Å²) in [6.45, 7) is 9.93. The molecule has 0 bridgehead atoms. The van der Waals surface area contributed by atoms with Gasteiger partial charge in [0.2, 0.25) is 5.91 Å². The normalized spacial score (nSPS) is 30.4. The summed E-state index contributed by atoms with van der Waals surface area (Å²) in [5.41, 5.74) is 2.77. The smallest absolute Gasteiger partial charge is 0.335 e. The minimum Gasteiger partial charge on any atom is -0.478 e. The molecule has 0 aliphatic heterocycles. The van der Waals surface area contributed by atoms with Crippen molar-refractivity contribution < 1.29 is 19.5 Å². The van der Waals surface area contributed by atoms with Crippen molar-refractivity contribution in [2.24, 2.45) is 23.2 Å². The maximum atomic E-state index is 13.7. The summed E-state index contributed by atoms with van der Waals surface area (Å²) in [5.74, 6) is 0.397. The molecule has 3 amide bonds. The molecule has 3 aliphatic carbocycles. The predicted octanol–water partition coefficient (Wildman–Crippen LogP) is 5.21. The third-order valence-electron chi connectivity index (χ3n) is 8.66. The van der Waals surface area contributed by atoms with Crippen LogP contribution in [0.1, 0.15) is 94.1 Å². The number of amides is 3. The van der Waals surface area contributed by atoms with Crippen LogP contribution < -0.4 is 5.32 Å². The zero-order chi connectivity index (χ0) is 24.1. The molecule has 5 atom stereocenters. The van der Waals surface area contributed by atoms with Crippen LogP contribution >= 0.6 is 0 Å². The summed E-state index contributed by atoms with van der Waals surface area (Å²) in [4.78, 5) is 39.4. The molecule has 1 aromatic rings. The lowest BCUT2D eigenvalue weighted by Crippen LogP contribution is -2.54. The lowest BCUT2D eigenvalue weighted by atomic mass is 9.54. The number of hydrogen-bond acceptors (Lipinski definition) is 3. The number of carboxylic acid groups (broad SMARTS) is 1. The van der Waals surface area contributed by atoms with Gasteiger partial charge in [-0.2, -0.15) is 0 Å². The van der Waals surface area contributed by atoms with Gasteiger partial charge in [-0.15, -0.1) is 0 Å². The number of carbonyl (C=O) groups excluding carboxylic acids is 2. The van der Waals surface area contributed by atoms with Crippen LogP contribution in [0.3, 0.4) is 0 Å². The van der Waals surface area contributed by atoms with Gasteiger partial charge in [0.25, 0.3) is 0 Å². The number of aryl methyl sites for hydroxylation is 1. The molecule has 4 rings (SSSR count). The largest absolute Gasteiger partial charge is 0.478 e. The first-order valence-corrected chi connectivity index (χ1v) is 12.5. The van der Waals surface area contributed by atoms with Crippen molar-refractivity contribution in [2.75, 3.05) is 0 Å². The van der Waals surface area contributed by atoms with Gasteiger partial charge in [-0.05, 0) is 113 Å². The van der Waals surface area contributed by atoms with E-state index in [1.807, 2.05) is 39.8 Å². The second-order valence-electron chi connectivity index (χ2n) is 11.2. The van der Waals surface area contributed by atoms with Gasteiger partial charge in [0.15, 0.2) is 0 Å². The van der Waals surface area contributed by atoms with Gasteiger partial charge >= 0.3 is 12.0 Å². The molecule has 0 saturated heterocycles. The van der Waals surface area contributed by atoms with E-state index < -0.39 is 5.97 Å². The molecule has 1 aromatic carbocycles. The Bertz CT molecular complexity index is 955. The molecule has 0 heterocycles. The van der Waals surface area contributed by atoms with Crippen molar-refractivity contribution in [1.82, 2.24) is 10.2 Å². The van der Waals surface area contributed by atoms with E-state index in [1.165, 1.54) is 16.0 Å². The molecule has 6 nitrogen and oxygen atoms in total. The van der Waals surface area contributed by atoms with E-state index in [0.29, 0.717) is 23.3 Å². The Kier molecular flexibility index (Phi) is 6.32. The molecule has 0 unspecified atom stereocenters. The molecule has 2 N–H and O–H groups in total. The van der Waals surface area contributed by atoms with Gasteiger partial charge < -0.3 is 10.4 Å². The number of rotatable bonds is 4. The predicted molar refractivity (Wildman–Crippen MR) is 127 cm³/mol. The Morgan fingerprint density at radius 2 is 1.82 bits per heavy atom. The molecule has 3 aliphatic rings. The number of carboxylic acids is 1. The summed E-state index contributed by atoms with van der Waals surface area (Å²) in [5, 5.41) is 12.3. The van der Waals surface area contributed by atoms with Crippen LogP contribution in [0.25, 0.3) is 0 Å². The molecular weight excluding hydrogens is 416 g/mol. The fraction of sp³-hybridized carbons (Fsp3) is 0.667. The molecule has 0 spiro atoms. The summed E-state index contributed by atoms with van der Waals surface area (Å²) in [7, 11) is 0. The van der Waals surface area contributed by atoms with Crippen molar-refractivity contribution in [2.45, 2.75) is 91.1 Å². The van der Waals surface area contributed by atoms with Crippen molar-refractivity contribution in [1.29, 1.82) is 0 Å². The molecule has 180 valence electrons. The fourth-order valence-electron chi connectivity index (χ4n) is 7.19. The lowest BCUT2D eigenvalue weighted by molar-refractivity contribution is -0.139. The zero-order valence-corrected chi connectivity index (χ0v) is 20.6. The monoisotopic (exact) mass is 454 g/mol. The lowest BCUT2D eigenvalue weighted by Gasteiger charge is -2.51. The number of fused-ring (bicyclic) bond motifs is 5. The van der Waals surface area contributed by atoms with E-state index in [1.54, 1.807) is 6.07 Å². The fourth-order valence-corrected chi connectivity index (χ4v) is 7.19. The minimum atomic E-state index is -0.871. The Morgan fingerprint density at radius 1 is 1.09 bits per heavy atom. The first-order valence-electron chi connectivity index (χ1n) is 12.5. The van der Waals surface area contributed by atoms with Gasteiger partial charge in [0, 0.05) is 18.0 Å². The van der Waals surface area contributed by atoms with Crippen LogP contribution in [0.5, 0.6) is 0 Å². The molecular formula is C27H38N2O4. The number of carbonyl (C=O) groups is 3. The number of aromatic carboxylic acids is 1. The average molecular weight is 455 g/mol. The number of benzene rings is 1. The van der Waals surface area contributed by atoms with Crippen molar-refractivity contribution >= 4 is 17.9 Å². The van der Waals surface area contributed by atoms with E-state index in [2.05, 4.69) is 12.2 Å². The van der Waals surface area contributed by atoms with E-state index in [9.17, 15) is 19.5 Å². The molecule has 2 saturated carbocycles. The van der Waals surface area contributed by atoms with Crippen LogP contribution in [0.2, 0.25) is 0 Å². The van der Waals surface area contributed by atoms with E-state index >= 15 is 0 Å². The third kappa shape index (κ3) is 4.06. The Balaban J connectivity index is 1.57. The van der Waals surface area contributed by atoms with Gasteiger partial charge in [0.1, 0.15) is 0 Å². The van der Waals surface area contributed by atoms with Crippen LogP contribution in [-0.2, 0) is 11.2 Å². The van der Waals surface area contributed by atoms with Gasteiger partial charge in [-0.25, -0.2) is 9.59 Å². The molecule has 6 heteroatoms. The summed E-state index contributed by atoms with van der Waals surface area (Å²) >= 11 is 0. The number of imide groups is 1. The van der Waals surface area contributed by atoms with Crippen molar-refractivity contribution in [3.8, 4) is 0 Å². The first-order chi connectivity index (χ1) is 15.5. The van der Waals surface area contributed by atoms with Gasteiger partial charge in [-0.3, -0.25) is 9.69 Å². The molecule has 0 aromatic heterocycles. The van der Waals surface area contributed by atoms with Gasteiger partial charge in [-0.1, -0.05) is 13.0 Å². The quantitative estimate of drug-likeness (QED) is 0.654. The summed E-state index contributed by atoms with van der Waals surface area (Å²) < 4.78 is 0. The number of hydrogen-bond donors (Lipinski definition) is 2. The average Bonchev–Trinajstić information content (AvgIpc) is 3.09. The number of urea groups is 1. The SMILES string of the molecule is CC(C)NC(=O)N(C(=O)[C@H]1CC[C@H]2[C@@H]3CCc4cc(C(=O)O)ccc4[C@H]3CC[C@]12C)C(C)C. The Labute approximate surface area is 197 Å². The maximum Gasteiger partial charge on any atom is 0.335 e. The molecule has 33 heavy (non-hydrogen) atoms. The molecule has 2 fully saturated rings. The Morgan fingerprint density at radius 3 is 2.45 bits per heavy atom. The van der Waals surface area contributed by atoms with Crippen LogP contribution in [0, 0.1) is 23.2 Å². The van der Waals surface area contributed by atoms with Crippen LogP contribution in [0.15, 0.2) is 18.2 Å². The van der Waals surface area contributed by atoms with Gasteiger partial charge in [0.05, 0.1) is 5.56 Å². The Hall–Kier alpha value is -2.37. The highest BCUT2D eigenvalue weighted by atomic mass is 16.4. The first kappa shape index (κ1) is 23.8. The highest BCUT2D eigenvalue weighted by Crippen LogP contribution is 2.63. The van der Waals surface area contributed by atoms with Crippen molar-refractivity contribution in [3.63, 3.8) is 0 Å². The zero-order valence-electron chi connectivity index (χ0n) is 20.6. The maximum absolute atomic E-state index is 13.7. The molecule has 0 radical (unpaired) electrons. The highest BCUT2D eigenvalue weighted by Gasteiger charge is 2.57. The third-order valence-corrected chi connectivity index (χ3v) is 8.66. The van der Waals surface area contributed by atoms with E-state index in [-0.39, 0.29) is 35.4 Å². The number of nitrogens with zero attached hydrogens (tertiary/aromatic N) is 1. The summed E-state index contributed by atoms with van der Waals surface area (Å²) in [6, 6.07) is 5.15. The highest BCUT2D eigenvalue weighted by molar-refractivity contribution is 5.96. The standard InChI is InChI=1S/C27H38N2O4/c1-15(2)28-26(33)29(16(3)4)24(30)23-11-10-22-21-9-6-17-14-18(25(31)32)7-8-19(17)20(21)12-13-27(22,23)5/h7-8,14-16,20-23H,6,9-13H2,1-5H3,(H,28,33)(H,31,32)/t20-,21-,22+,23-,27+/m1/s1. The van der Waals surface area contributed by atoms with Crippen molar-refractivity contribution in [3.05, 3.63) is 34.9 Å². The minimum absolute atomic E-state index is 0.0159. The topological polar surface area (TPSA) is 86.7 Å². The second-order valence-corrected chi connectivity index (χ2v) is 11.2. The van der Waals surface area contributed by atoms with Crippen LogP contribution in [-0.4, -0.2) is 40.0 Å². The van der Waals surface area contributed by atoms with E-state index in [0.717, 1.165) is 38.5 Å². The second kappa shape index (κ2) is 8.77. The van der Waals surface area contributed by atoms with Crippen LogP contribution in [0.4, 0.5) is 4.79 Å². The number of nitrogens with one attached hydrogen (secondary N) is 1. The summed E-state index contributed by atoms with van der Waals surface area (Å²) in [6.07, 6.45) is 5.79.